The first kappa shape index (κ1) is 22.9. The number of carbonyl (C=O) groups excluding carboxylic acids is 2. The third kappa shape index (κ3) is 5.03. The predicted octanol–water partition coefficient (Wildman–Crippen LogP) is 3.50. The molecule has 2 amide bonds. The zero-order valence-corrected chi connectivity index (χ0v) is 18.5. The number of fused-ring (bicyclic) bond motifs is 3. The van der Waals surface area contributed by atoms with Gasteiger partial charge in [0.25, 0.3) is 0 Å². The number of nitrogens with zero attached hydrogens (tertiary/aromatic N) is 2. The molecule has 1 heterocycles. The van der Waals surface area contributed by atoms with Crippen molar-refractivity contribution in [1.82, 2.24) is 15.5 Å². The summed E-state index contributed by atoms with van der Waals surface area (Å²) in [6.45, 7) is 1.76. The van der Waals surface area contributed by atoms with E-state index >= 15 is 0 Å². The molecule has 1 aliphatic rings. The largest absolute Gasteiger partial charge is 0.481 e. The van der Waals surface area contributed by atoms with Gasteiger partial charge in [-0.05, 0) is 41.7 Å². The summed E-state index contributed by atoms with van der Waals surface area (Å²) < 4.78 is 5.50. The lowest BCUT2D eigenvalue weighted by molar-refractivity contribution is -0.137. The van der Waals surface area contributed by atoms with Crippen LogP contribution < -0.4 is 10.6 Å². The Bertz CT molecular complexity index is 1180. The summed E-state index contributed by atoms with van der Waals surface area (Å²) in [6, 6.07) is 16.4. The van der Waals surface area contributed by atoms with Crippen LogP contribution in [0.3, 0.4) is 0 Å². The van der Waals surface area contributed by atoms with Gasteiger partial charge in [-0.25, -0.2) is 4.79 Å². The number of aromatic nitrogens is 2. The van der Waals surface area contributed by atoms with Crippen molar-refractivity contribution in [3.05, 3.63) is 77.6 Å². The number of aliphatic carboxylic acids is 1. The summed E-state index contributed by atoms with van der Waals surface area (Å²) in [5.74, 6) is -1.77. The quantitative estimate of drug-likeness (QED) is 0.469. The van der Waals surface area contributed by atoms with E-state index in [1.165, 1.54) is 6.20 Å². The second kappa shape index (κ2) is 10.1. The van der Waals surface area contributed by atoms with Gasteiger partial charge in [-0.1, -0.05) is 48.5 Å². The first-order valence-electron chi connectivity index (χ1n) is 10.9. The third-order valence-electron chi connectivity index (χ3n) is 5.76. The Morgan fingerprint density at radius 1 is 1.03 bits per heavy atom. The first-order valence-corrected chi connectivity index (χ1v) is 10.9. The highest BCUT2D eigenvalue weighted by Crippen LogP contribution is 2.44. The molecule has 3 aromatic rings. The standard InChI is InChI=1S/C25H24N4O5/c1-15-21(12-13-26-29-15)27-24(32)22(10-11-23(30)31)28-25(33)34-14-20-18-8-4-2-6-16(18)17-7-3-5-9-19(17)20/h2-9,12-13,20,22H,10-11,14H2,1H3,(H,28,33)(H,30,31)(H,26,27,32). The van der Waals surface area contributed by atoms with Gasteiger partial charge in [0, 0.05) is 12.3 Å². The number of ether oxygens (including phenoxy) is 1. The number of alkyl carbamates (subject to hydrolysis) is 1. The molecule has 1 aromatic heterocycles. The summed E-state index contributed by atoms with van der Waals surface area (Å²) in [4.78, 5) is 36.5. The lowest BCUT2D eigenvalue weighted by Gasteiger charge is -2.19. The van der Waals surface area contributed by atoms with Gasteiger partial charge in [0.15, 0.2) is 0 Å². The maximum absolute atomic E-state index is 12.8. The summed E-state index contributed by atoms with van der Waals surface area (Å²) in [7, 11) is 0. The summed E-state index contributed by atoms with van der Waals surface area (Å²) in [5, 5.41) is 21.8. The molecule has 0 bridgehead atoms. The molecule has 174 valence electrons. The maximum atomic E-state index is 12.8. The number of carbonyl (C=O) groups is 3. The normalized spacial score (nSPS) is 12.9. The number of carboxylic acid groups (broad SMARTS) is 1. The van der Waals surface area contributed by atoms with E-state index < -0.39 is 24.0 Å². The Hall–Kier alpha value is -4.27. The van der Waals surface area contributed by atoms with E-state index in [-0.39, 0.29) is 25.4 Å². The minimum absolute atomic E-state index is 0.0838. The van der Waals surface area contributed by atoms with Crippen LogP contribution in [0.5, 0.6) is 0 Å². The van der Waals surface area contributed by atoms with Crippen LogP contribution in [-0.2, 0) is 14.3 Å². The highest BCUT2D eigenvalue weighted by molar-refractivity contribution is 5.97. The molecule has 1 unspecified atom stereocenters. The van der Waals surface area contributed by atoms with E-state index in [1.807, 2.05) is 48.5 Å². The highest BCUT2D eigenvalue weighted by Gasteiger charge is 2.30. The second-order valence-electron chi connectivity index (χ2n) is 7.97. The van der Waals surface area contributed by atoms with Crippen LogP contribution in [0.1, 0.15) is 35.6 Å². The number of hydrogen-bond donors (Lipinski definition) is 3. The van der Waals surface area contributed by atoms with Crippen molar-refractivity contribution in [2.75, 3.05) is 11.9 Å². The Morgan fingerprint density at radius 3 is 2.29 bits per heavy atom. The fraction of sp³-hybridized carbons (Fsp3) is 0.240. The molecule has 9 nitrogen and oxygen atoms in total. The molecule has 0 radical (unpaired) electrons. The Morgan fingerprint density at radius 2 is 1.68 bits per heavy atom. The van der Waals surface area contributed by atoms with Crippen LogP contribution in [0, 0.1) is 6.92 Å². The lowest BCUT2D eigenvalue weighted by atomic mass is 9.98. The molecular formula is C25H24N4O5. The van der Waals surface area contributed by atoms with E-state index in [9.17, 15) is 14.4 Å². The molecule has 0 saturated carbocycles. The van der Waals surface area contributed by atoms with E-state index in [2.05, 4.69) is 20.8 Å². The monoisotopic (exact) mass is 460 g/mol. The summed E-state index contributed by atoms with van der Waals surface area (Å²) >= 11 is 0. The number of hydrogen-bond acceptors (Lipinski definition) is 6. The SMILES string of the molecule is Cc1nnccc1NC(=O)C(CCC(=O)O)NC(=O)OCC1c2ccccc2-c2ccccc21. The van der Waals surface area contributed by atoms with Crippen molar-refractivity contribution in [2.45, 2.75) is 31.7 Å². The van der Waals surface area contributed by atoms with Crippen molar-refractivity contribution >= 4 is 23.7 Å². The molecule has 0 spiro atoms. The molecule has 0 saturated heterocycles. The van der Waals surface area contributed by atoms with Crippen molar-refractivity contribution in [1.29, 1.82) is 0 Å². The maximum Gasteiger partial charge on any atom is 0.407 e. The fourth-order valence-corrected chi connectivity index (χ4v) is 4.07. The van der Waals surface area contributed by atoms with Gasteiger partial charge in [0.05, 0.1) is 17.6 Å². The van der Waals surface area contributed by atoms with Gasteiger partial charge in [-0.2, -0.15) is 10.2 Å². The van der Waals surface area contributed by atoms with Crippen molar-refractivity contribution in [3.63, 3.8) is 0 Å². The minimum atomic E-state index is -1.10. The molecule has 9 heteroatoms. The minimum Gasteiger partial charge on any atom is -0.481 e. The Labute approximate surface area is 196 Å². The smallest absolute Gasteiger partial charge is 0.407 e. The Kier molecular flexibility index (Phi) is 6.82. The van der Waals surface area contributed by atoms with Crippen molar-refractivity contribution in [2.24, 2.45) is 0 Å². The van der Waals surface area contributed by atoms with Gasteiger partial charge in [0.2, 0.25) is 5.91 Å². The summed E-state index contributed by atoms with van der Waals surface area (Å²) in [6.07, 6.45) is 0.239. The molecule has 0 aliphatic heterocycles. The molecular weight excluding hydrogens is 436 g/mol. The number of carboxylic acids is 1. The molecule has 2 aromatic carbocycles. The molecule has 34 heavy (non-hydrogen) atoms. The lowest BCUT2D eigenvalue weighted by Crippen LogP contribution is -2.44. The average molecular weight is 460 g/mol. The van der Waals surface area contributed by atoms with Crippen LogP contribution >= 0.6 is 0 Å². The first-order chi connectivity index (χ1) is 16.4. The molecule has 1 atom stereocenters. The van der Waals surface area contributed by atoms with Crippen LogP contribution in [0.2, 0.25) is 0 Å². The van der Waals surface area contributed by atoms with Gasteiger partial charge >= 0.3 is 12.1 Å². The van der Waals surface area contributed by atoms with E-state index in [0.29, 0.717) is 11.4 Å². The molecule has 0 fully saturated rings. The van der Waals surface area contributed by atoms with Gasteiger partial charge in [-0.3, -0.25) is 9.59 Å². The predicted molar refractivity (Wildman–Crippen MR) is 124 cm³/mol. The topological polar surface area (TPSA) is 131 Å². The number of amides is 2. The van der Waals surface area contributed by atoms with Crippen LogP contribution in [0.25, 0.3) is 11.1 Å². The second-order valence-corrected chi connectivity index (χ2v) is 7.97. The van der Waals surface area contributed by atoms with Crippen LogP contribution in [-0.4, -0.2) is 45.9 Å². The zero-order valence-electron chi connectivity index (χ0n) is 18.5. The van der Waals surface area contributed by atoms with Crippen LogP contribution in [0.15, 0.2) is 60.8 Å². The van der Waals surface area contributed by atoms with Gasteiger partial charge < -0.3 is 20.5 Å². The third-order valence-corrected chi connectivity index (χ3v) is 5.76. The van der Waals surface area contributed by atoms with Gasteiger partial charge in [0.1, 0.15) is 12.6 Å². The van der Waals surface area contributed by atoms with E-state index in [0.717, 1.165) is 22.3 Å². The number of anilines is 1. The number of benzene rings is 2. The zero-order chi connectivity index (χ0) is 24.1. The van der Waals surface area contributed by atoms with Crippen LogP contribution in [0.4, 0.5) is 10.5 Å². The molecule has 3 N–H and O–H groups in total. The highest BCUT2D eigenvalue weighted by atomic mass is 16.5. The molecule has 4 rings (SSSR count). The average Bonchev–Trinajstić information content (AvgIpc) is 3.15. The van der Waals surface area contributed by atoms with E-state index in [1.54, 1.807) is 13.0 Å². The summed E-state index contributed by atoms with van der Waals surface area (Å²) in [5.41, 5.74) is 5.26. The van der Waals surface area contributed by atoms with Gasteiger partial charge in [-0.15, -0.1) is 0 Å². The number of rotatable bonds is 8. The number of nitrogens with one attached hydrogen (secondary N) is 2. The molecule has 1 aliphatic carbocycles. The fourth-order valence-electron chi connectivity index (χ4n) is 4.07. The van der Waals surface area contributed by atoms with Crippen molar-refractivity contribution < 1.29 is 24.2 Å². The van der Waals surface area contributed by atoms with Crippen molar-refractivity contribution in [3.8, 4) is 11.1 Å². The van der Waals surface area contributed by atoms with E-state index in [4.69, 9.17) is 9.84 Å². The Balaban J connectivity index is 1.43. The number of aryl methyl sites for hydroxylation is 1.